The maximum Gasteiger partial charge on any atom is 0.269 e. The largest absolute Gasteiger partial charge is 0.494 e. The van der Waals surface area contributed by atoms with Gasteiger partial charge in [0.05, 0.1) is 12.5 Å². The molecule has 0 radical (unpaired) electrons. The molecule has 29 heavy (non-hydrogen) atoms. The number of hydrogen-bond acceptors (Lipinski definition) is 4. The third kappa shape index (κ3) is 5.34. The fourth-order valence-corrected chi connectivity index (χ4v) is 3.18. The van der Waals surface area contributed by atoms with Crippen LogP contribution in [0.3, 0.4) is 0 Å². The van der Waals surface area contributed by atoms with Crippen LogP contribution in [-0.2, 0) is 16.1 Å². The average molecular weight is 395 g/mol. The molecule has 7 heteroatoms. The third-order valence-electron chi connectivity index (χ3n) is 4.81. The summed E-state index contributed by atoms with van der Waals surface area (Å²) in [5.74, 6) is -0.686. The molecule has 3 rings (SSSR count). The molecular weight excluding hydrogens is 370 g/mol. The van der Waals surface area contributed by atoms with Crippen LogP contribution < -0.4 is 15.6 Å². The fourth-order valence-electron chi connectivity index (χ4n) is 3.18. The Morgan fingerprint density at radius 1 is 1.07 bits per heavy atom. The Labute approximate surface area is 170 Å². The first kappa shape index (κ1) is 20.4. The second-order valence-corrected chi connectivity index (χ2v) is 7.06. The van der Waals surface area contributed by atoms with Crippen LogP contribution in [0, 0.1) is 12.8 Å². The highest BCUT2D eigenvalue weighted by Gasteiger charge is 2.34. The van der Waals surface area contributed by atoms with Crippen LogP contribution >= 0.6 is 0 Å². The molecule has 1 aliphatic heterocycles. The van der Waals surface area contributed by atoms with Crippen LogP contribution in [0.25, 0.3) is 0 Å². The van der Waals surface area contributed by atoms with Crippen molar-refractivity contribution < 1.29 is 19.1 Å². The van der Waals surface area contributed by atoms with Gasteiger partial charge in [-0.2, -0.15) is 0 Å². The van der Waals surface area contributed by atoms with Crippen LogP contribution in [0.4, 0.5) is 0 Å². The molecule has 1 atom stereocenters. The van der Waals surface area contributed by atoms with Crippen molar-refractivity contribution in [2.75, 3.05) is 13.2 Å². The molecule has 1 saturated heterocycles. The van der Waals surface area contributed by atoms with Gasteiger partial charge in [-0.25, -0.2) is 0 Å². The third-order valence-corrected chi connectivity index (χ3v) is 4.81. The second-order valence-electron chi connectivity index (χ2n) is 7.06. The summed E-state index contributed by atoms with van der Waals surface area (Å²) in [6, 6.07) is 14.6. The predicted octanol–water partition coefficient (Wildman–Crippen LogP) is 2.20. The van der Waals surface area contributed by atoms with Gasteiger partial charge >= 0.3 is 0 Å². The van der Waals surface area contributed by atoms with E-state index in [1.54, 1.807) is 29.2 Å². The highest BCUT2D eigenvalue weighted by molar-refractivity contribution is 5.96. The monoisotopic (exact) mass is 395 g/mol. The Kier molecular flexibility index (Phi) is 6.49. The van der Waals surface area contributed by atoms with E-state index < -0.39 is 11.8 Å². The molecule has 0 aromatic heterocycles. The first-order chi connectivity index (χ1) is 14.0. The van der Waals surface area contributed by atoms with Crippen LogP contribution in [-0.4, -0.2) is 35.8 Å². The average Bonchev–Trinajstić information content (AvgIpc) is 3.09. The quantitative estimate of drug-likeness (QED) is 0.734. The molecule has 2 aromatic rings. The van der Waals surface area contributed by atoms with E-state index in [0.717, 1.165) is 11.1 Å². The Bertz CT molecular complexity index is 878. The van der Waals surface area contributed by atoms with Crippen LogP contribution in [0.2, 0.25) is 0 Å². The fraction of sp³-hybridized carbons (Fsp3) is 0.318. The molecule has 0 unspecified atom stereocenters. The number of likely N-dealkylation sites (tertiary alicyclic amines) is 1. The van der Waals surface area contributed by atoms with Gasteiger partial charge in [0.15, 0.2) is 0 Å². The molecular formula is C22H25N3O4. The van der Waals surface area contributed by atoms with Gasteiger partial charge < -0.3 is 9.64 Å². The number of amides is 3. The lowest BCUT2D eigenvalue weighted by Crippen LogP contribution is -2.45. The number of hydrazine groups is 1. The van der Waals surface area contributed by atoms with Crippen molar-refractivity contribution in [3.8, 4) is 5.75 Å². The van der Waals surface area contributed by atoms with Gasteiger partial charge in [0.25, 0.3) is 5.91 Å². The smallest absolute Gasteiger partial charge is 0.269 e. The maximum atomic E-state index is 12.4. The van der Waals surface area contributed by atoms with Crippen molar-refractivity contribution in [1.82, 2.24) is 15.8 Å². The van der Waals surface area contributed by atoms with E-state index in [1.165, 1.54) is 0 Å². The van der Waals surface area contributed by atoms with E-state index in [9.17, 15) is 14.4 Å². The molecule has 1 aliphatic rings. The highest BCUT2D eigenvalue weighted by Crippen LogP contribution is 2.20. The van der Waals surface area contributed by atoms with Gasteiger partial charge in [0.2, 0.25) is 11.8 Å². The molecule has 1 fully saturated rings. The van der Waals surface area contributed by atoms with Gasteiger partial charge in [0.1, 0.15) is 5.75 Å². The predicted molar refractivity (Wildman–Crippen MR) is 108 cm³/mol. The number of rotatable bonds is 6. The summed E-state index contributed by atoms with van der Waals surface area (Å²) >= 11 is 0. The molecule has 1 heterocycles. The van der Waals surface area contributed by atoms with Crippen molar-refractivity contribution in [2.45, 2.75) is 26.8 Å². The van der Waals surface area contributed by atoms with Crippen molar-refractivity contribution in [1.29, 1.82) is 0 Å². The van der Waals surface area contributed by atoms with Gasteiger partial charge in [0, 0.05) is 25.1 Å². The summed E-state index contributed by atoms with van der Waals surface area (Å²) in [4.78, 5) is 38.5. The summed E-state index contributed by atoms with van der Waals surface area (Å²) in [6.07, 6.45) is 0.136. The summed E-state index contributed by atoms with van der Waals surface area (Å²) in [5, 5.41) is 0. The molecule has 0 bridgehead atoms. The van der Waals surface area contributed by atoms with E-state index >= 15 is 0 Å². The minimum Gasteiger partial charge on any atom is -0.494 e. The zero-order valence-corrected chi connectivity index (χ0v) is 16.6. The van der Waals surface area contributed by atoms with Crippen LogP contribution in [0.1, 0.15) is 34.8 Å². The first-order valence-electron chi connectivity index (χ1n) is 9.62. The molecule has 0 aliphatic carbocycles. The van der Waals surface area contributed by atoms with E-state index in [-0.39, 0.29) is 18.2 Å². The number of aryl methyl sites for hydroxylation is 1. The normalized spacial score (nSPS) is 15.9. The Balaban J connectivity index is 1.49. The summed E-state index contributed by atoms with van der Waals surface area (Å²) in [7, 11) is 0. The summed E-state index contributed by atoms with van der Waals surface area (Å²) in [6.45, 7) is 5.24. The number of carbonyl (C=O) groups excluding carboxylic acids is 3. The second kappa shape index (κ2) is 9.23. The van der Waals surface area contributed by atoms with Crippen LogP contribution in [0.5, 0.6) is 5.75 Å². The summed E-state index contributed by atoms with van der Waals surface area (Å²) < 4.78 is 5.34. The van der Waals surface area contributed by atoms with E-state index in [1.807, 2.05) is 38.1 Å². The minimum absolute atomic E-state index is 0.0661. The van der Waals surface area contributed by atoms with Crippen LogP contribution in [0.15, 0.2) is 48.5 Å². The van der Waals surface area contributed by atoms with Crippen molar-refractivity contribution >= 4 is 17.7 Å². The lowest BCUT2D eigenvalue weighted by molar-refractivity contribution is -0.129. The molecule has 7 nitrogen and oxygen atoms in total. The number of hydrogen-bond donors (Lipinski definition) is 2. The number of ether oxygens (including phenoxy) is 1. The summed E-state index contributed by atoms with van der Waals surface area (Å²) in [5.41, 5.74) is 7.41. The molecule has 152 valence electrons. The van der Waals surface area contributed by atoms with E-state index in [2.05, 4.69) is 10.9 Å². The Morgan fingerprint density at radius 3 is 2.41 bits per heavy atom. The minimum atomic E-state index is -0.492. The number of nitrogens with one attached hydrogen (secondary N) is 2. The Hall–Kier alpha value is -3.35. The SMILES string of the molecule is CCOc1ccc(C(=O)NNC(=O)[C@@H]2CC(=O)N(Cc3ccc(C)cc3)C2)cc1. The van der Waals surface area contributed by atoms with Gasteiger partial charge in [-0.15, -0.1) is 0 Å². The van der Waals surface area contributed by atoms with Gasteiger partial charge in [-0.1, -0.05) is 29.8 Å². The molecule has 0 saturated carbocycles. The van der Waals surface area contributed by atoms with E-state index in [0.29, 0.717) is 31.0 Å². The zero-order valence-electron chi connectivity index (χ0n) is 16.6. The Morgan fingerprint density at radius 2 is 1.76 bits per heavy atom. The molecule has 2 N–H and O–H groups in total. The molecule has 3 amide bonds. The standard InChI is InChI=1S/C22H25N3O4/c1-3-29-19-10-8-17(9-11-19)21(27)23-24-22(28)18-12-20(26)25(14-18)13-16-6-4-15(2)5-7-16/h4-11,18H,3,12-14H2,1-2H3,(H,23,27)(H,24,28)/t18-/m1/s1. The van der Waals surface area contributed by atoms with Crippen molar-refractivity contribution in [3.05, 3.63) is 65.2 Å². The number of nitrogens with zero attached hydrogens (tertiary/aromatic N) is 1. The number of benzene rings is 2. The van der Waals surface area contributed by atoms with Gasteiger partial charge in [-0.05, 0) is 43.7 Å². The topological polar surface area (TPSA) is 87.7 Å². The van der Waals surface area contributed by atoms with Gasteiger partial charge in [-0.3, -0.25) is 25.2 Å². The number of carbonyl (C=O) groups is 3. The van der Waals surface area contributed by atoms with Crippen molar-refractivity contribution in [3.63, 3.8) is 0 Å². The maximum absolute atomic E-state index is 12.4. The molecule has 2 aromatic carbocycles. The van der Waals surface area contributed by atoms with Crippen molar-refractivity contribution in [2.24, 2.45) is 5.92 Å². The van der Waals surface area contributed by atoms with E-state index in [4.69, 9.17) is 4.74 Å². The lowest BCUT2D eigenvalue weighted by atomic mass is 10.1. The zero-order chi connectivity index (χ0) is 20.8. The molecule has 0 spiro atoms. The lowest BCUT2D eigenvalue weighted by Gasteiger charge is -2.17. The first-order valence-corrected chi connectivity index (χ1v) is 9.62. The highest BCUT2D eigenvalue weighted by atomic mass is 16.5.